The maximum atomic E-state index is 11.7. The third-order valence-electron chi connectivity index (χ3n) is 2.61. The molecule has 0 amide bonds. The summed E-state index contributed by atoms with van der Waals surface area (Å²) in [6, 6.07) is 9.62. The van der Waals surface area contributed by atoms with E-state index in [1.54, 1.807) is 6.08 Å². The molecule has 1 saturated heterocycles. The quantitative estimate of drug-likeness (QED) is 0.732. The van der Waals surface area contributed by atoms with Gasteiger partial charge in [0.25, 0.3) is 0 Å². The van der Waals surface area contributed by atoms with Gasteiger partial charge in [-0.25, -0.2) is 8.42 Å². The van der Waals surface area contributed by atoms with Crippen LogP contribution in [0.15, 0.2) is 35.2 Å². The molecule has 0 atom stereocenters. The molecule has 80 valence electrons. The Balaban J connectivity index is 2.34. The highest BCUT2D eigenvalue weighted by molar-refractivity contribution is 7.95. The highest BCUT2D eigenvalue weighted by Crippen LogP contribution is 2.25. The first-order valence-corrected chi connectivity index (χ1v) is 6.82. The van der Waals surface area contributed by atoms with Gasteiger partial charge in [0, 0.05) is 4.91 Å². The monoisotopic (exact) mass is 222 g/mol. The molecular formula is C12H14O2S. The van der Waals surface area contributed by atoms with Gasteiger partial charge in [0.05, 0.1) is 5.75 Å². The third kappa shape index (κ3) is 2.48. The van der Waals surface area contributed by atoms with Crippen LogP contribution in [-0.4, -0.2) is 14.2 Å². The molecular weight excluding hydrogens is 208 g/mol. The van der Waals surface area contributed by atoms with E-state index in [2.05, 4.69) is 0 Å². The van der Waals surface area contributed by atoms with Gasteiger partial charge in [-0.1, -0.05) is 30.3 Å². The summed E-state index contributed by atoms with van der Waals surface area (Å²) >= 11 is 0. The van der Waals surface area contributed by atoms with Gasteiger partial charge in [0.2, 0.25) is 0 Å². The van der Waals surface area contributed by atoms with E-state index in [4.69, 9.17) is 0 Å². The maximum Gasteiger partial charge on any atom is 0.174 e. The average molecular weight is 222 g/mol. The van der Waals surface area contributed by atoms with E-state index in [9.17, 15) is 8.42 Å². The summed E-state index contributed by atoms with van der Waals surface area (Å²) in [7, 11) is -2.96. The van der Waals surface area contributed by atoms with Gasteiger partial charge in [-0.15, -0.1) is 0 Å². The molecule has 2 rings (SSSR count). The van der Waals surface area contributed by atoms with Crippen LogP contribution >= 0.6 is 0 Å². The number of benzene rings is 1. The van der Waals surface area contributed by atoms with E-state index >= 15 is 0 Å². The smallest absolute Gasteiger partial charge is 0.174 e. The number of sulfone groups is 1. The molecule has 1 aromatic carbocycles. The second-order valence-electron chi connectivity index (χ2n) is 3.80. The van der Waals surface area contributed by atoms with E-state index < -0.39 is 9.84 Å². The van der Waals surface area contributed by atoms with E-state index in [1.165, 1.54) is 0 Å². The van der Waals surface area contributed by atoms with Crippen molar-refractivity contribution in [1.82, 2.24) is 0 Å². The van der Waals surface area contributed by atoms with Crippen molar-refractivity contribution in [2.75, 3.05) is 5.75 Å². The zero-order chi connectivity index (χ0) is 10.7. The molecule has 0 aromatic heterocycles. The standard InChI is InChI=1S/C12H14O2S/c13-15(14)9-5-4-8-12(15)10-11-6-2-1-3-7-11/h1-3,6-7,10H,4-5,8-9H2/b12-10+. The molecule has 1 aliphatic heterocycles. The van der Waals surface area contributed by atoms with Crippen molar-refractivity contribution in [3.63, 3.8) is 0 Å². The van der Waals surface area contributed by atoms with Crippen LogP contribution in [0.5, 0.6) is 0 Å². The lowest BCUT2D eigenvalue weighted by Crippen LogP contribution is -2.14. The van der Waals surface area contributed by atoms with Gasteiger partial charge >= 0.3 is 0 Å². The molecule has 0 radical (unpaired) electrons. The van der Waals surface area contributed by atoms with E-state index in [0.29, 0.717) is 17.1 Å². The third-order valence-corrected chi connectivity index (χ3v) is 4.56. The summed E-state index contributed by atoms with van der Waals surface area (Å²) in [5, 5.41) is 0. The minimum Gasteiger partial charge on any atom is -0.224 e. The SMILES string of the molecule is O=S1(=O)CCCC/C1=C\c1ccccc1. The number of allylic oxidation sites excluding steroid dienone is 1. The minimum atomic E-state index is -2.96. The van der Waals surface area contributed by atoms with Crippen molar-refractivity contribution in [3.8, 4) is 0 Å². The molecule has 3 heteroatoms. The Hall–Kier alpha value is -1.09. The lowest BCUT2D eigenvalue weighted by atomic mass is 10.1. The summed E-state index contributed by atoms with van der Waals surface area (Å²) in [4.78, 5) is 0.597. The van der Waals surface area contributed by atoms with Crippen molar-refractivity contribution in [2.45, 2.75) is 19.3 Å². The molecule has 2 nitrogen and oxygen atoms in total. The predicted octanol–water partition coefficient (Wildman–Crippen LogP) is 2.63. The molecule has 0 spiro atoms. The van der Waals surface area contributed by atoms with Gasteiger partial charge in [0.1, 0.15) is 0 Å². The fourth-order valence-corrected chi connectivity index (χ4v) is 3.39. The summed E-state index contributed by atoms with van der Waals surface area (Å²) < 4.78 is 23.4. The lowest BCUT2D eigenvalue weighted by Gasteiger charge is -2.14. The second-order valence-corrected chi connectivity index (χ2v) is 5.96. The van der Waals surface area contributed by atoms with Gasteiger partial charge in [-0.05, 0) is 30.9 Å². The molecule has 1 fully saturated rings. The predicted molar refractivity (Wildman–Crippen MR) is 62.1 cm³/mol. The van der Waals surface area contributed by atoms with Crippen molar-refractivity contribution in [2.24, 2.45) is 0 Å². The Morgan fingerprint density at radius 1 is 1.07 bits per heavy atom. The minimum absolute atomic E-state index is 0.311. The molecule has 0 bridgehead atoms. The molecule has 15 heavy (non-hydrogen) atoms. The largest absolute Gasteiger partial charge is 0.224 e. The van der Waals surface area contributed by atoms with E-state index in [1.807, 2.05) is 30.3 Å². The van der Waals surface area contributed by atoms with Crippen LogP contribution in [-0.2, 0) is 9.84 Å². The van der Waals surface area contributed by atoms with Crippen molar-refractivity contribution < 1.29 is 8.42 Å². The van der Waals surface area contributed by atoms with Gasteiger partial charge < -0.3 is 0 Å². The van der Waals surface area contributed by atoms with Crippen molar-refractivity contribution in [3.05, 3.63) is 40.8 Å². The van der Waals surface area contributed by atoms with Crippen LogP contribution in [0, 0.1) is 0 Å². The summed E-state index contributed by atoms with van der Waals surface area (Å²) in [5.41, 5.74) is 0.970. The van der Waals surface area contributed by atoms with Crippen molar-refractivity contribution >= 4 is 15.9 Å². The molecule has 0 N–H and O–H groups in total. The lowest BCUT2D eigenvalue weighted by molar-refractivity contribution is 0.587. The van der Waals surface area contributed by atoms with E-state index in [-0.39, 0.29) is 0 Å². The van der Waals surface area contributed by atoms with Crippen LogP contribution in [0.4, 0.5) is 0 Å². The van der Waals surface area contributed by atoms with Crippen LogP contribution in [0.25, 0.3) is 6.08 Å². The normalized spacial score (nSPS) is 22.8. The zero-order valence-electron chi connectivity index (χ0n) is 8.52. The number of hydrogen-bond acceptors (Lipinski definition) is 2. The molecule has 1 aliphatic rings. The molecule has 0 unspecified atom stereocenters. The summed E-state index contributed by atoms with van der Waals surface area (Å²) in [6.45, 7) is 0. The Morgan fingerprint density at radius 3 is 2.47 bits per heavy atom. The molecule has 1 aromatic rings. The maximum absolute atomic E-state index is 11.7. The Morgan fingerprint density at radius 2 is 1.80 bits per heavy atom. The first kappa shape index (κ1) is 10.4. The first-order chi connectivity index (χ1) is 7.18. The summed E-state index contributed by atoms with van der Waals surface area (Å²) in [5.74, 6) is 0.311. The second kappa shape index (κ2) is 4.19. The van der Waals surface area contributed by atoms with Crippen LogP contribution in [0.2, 0.25) is 0 Å². The highest BCUT2D eigenvalue weighted by Gasteiger charge is 2.21. The fraction of sp³-hybridized carbons (Fsp3) is 0.333. The van der Waals surface area contributed by atoms with Gasteiger partial charge in [-0.3, -0.25) is 0 Å². The van der Waals surface area contributed by atoms with Crippen LogP contribution in [0.1, 0.15) is 24.8 Å². The molecule has 0 aliphatic carbocycles. The Bertz CT molecular complexity index is 458. The number of rotatable bonds is 1. The Kier molecular flexibility index (Phi) is 2.91. The van der Waals surface area contributed by atoms with Crippen LogP contribution < -0.4 is 0 Å². The van der Waals surface area contributed by atoms with Crippen LogP contribution in [0.3, 0.4) is 0 Å². The molecule has 0 saturated carbocycles. The van der Waals surface area contributed by atoms with E-state index in [0.717, 1.165) is 18.4 Å². The fourth-order valence-electron chi connectivity index (χ4n) is 1.78. The van der Waals surface area contributed by atoms with Gasteiger partial charge in [0.15, 0.2) is 9.84 Å². The van der Waals surface area contributed by atoms with Gasteiger partial charge in [-0.2, -0.15) is 0 Å². The topological polar surface area (TPSA) is 34.1 Å². The highest BCUT2D eigenvalue weighted by atomic mass is 32.2. The Labute approximate surface area is 90.6 Å². The number of hydrogen-bond donors (Lipinski definition) is 0. The van der Waals surface area contributed by atoms with Crippen molar-refractivity contribution in [1.29, 1.82) is 0 Å². The summed E-state index contributed by atoms with van der Waals surface area (Å²) in [6.07, 6.45) is 4.28. The first-order valence-electron chi connectivity index (χ1n) is 5.17. The average Bonchev–Trinajstić information content (AvgIpc) is 2.23. The molecule has 1 heterocycles. The zero-order valence-corrected chi connectivity index (χ0v) is 9.33.